The molecule has 0 spiro atoms. The van der Waals surface area contributed by atoms with Crippen LogP contribution in [0.5, 0.6) is 0 Å². The maximum Gasteiger partial charge on any atom is 0.313 e. The molecule has 2 saturated heterocycles. The Balaban J connectivity index is 1.98. The molecule has 0 aromatic rings. The fraction of sp³-hybridized carbons (Fsp3) is 0.933. The smallest absolute Gasteiger partial charge is 0.313 e. The van der Waals surface area contributed by atoms with Crippen molar-refractivity contribution in [3.05, 3.63) is 0 Å². The summed E-state index contributed by atoms with van der Waals surface area (Å²) in [7, 11) is 0. The molecule has 2 aliphatic heterocycles. The number of likely N-dealkylation sites (tertiary alicyclic amines) is 1. The van der Waals surface area contributed by atoms with E-state index in [1.165, 1.54) is 6.42 Å². The summed E-state index contributed by atoms with van der Waals surface area (Å²) in [6.07, 6.45) is 2.79. The average molecular weight is 269 g/mol. The third kappa shape index (κ3) is 3.29. The lowest BCUT2D eigenvalue weighted by Crippen LogP contribution is -2.48. The van der Waals surface area contributed by atoms with Crippen molar-refractivity contribution in [2.45, 2.75) is 40.0 Å². The first-order chi connectivity index (χ1) is 8.83. The highest BCUT2D eigenvalue weighted by Crippen LogP contribution is 2.37. The van der Waals surface area contributed by atoms with Gasteiger partial charge in [-0.15, -0.1) is 0 Å². The summed E-state index contributed by atoms with van der Waals surface area (Å²) in [5, 5.41) is 9.57. The van der Waals surface area contributed by atoms with E-state index in [0.717, 1.165) is 25.9 Å². The van der Waals surface area contributed by atoms with Crippen LogP contribution >= 0.6 is 0 Å². The molecule has 0 aliphatic carbocycles. The summed E-state index contributed by atoms with van der Waals surface area (Å²) in [5.41, 5.74) is -0.362. The molecule has 0 aromatic carbocycles. The van der Waals surface area contributed by atoms with E-state index in [1.54, 1.807) is 0 Å². The fourth-order valence-corrected chi connectivity index (χ4v) is 3.32. The Morgan fingerprint density at radius 1 is 1.47 bits per heavy atom. The van der Waals surface area contributed by atoms with Crippen molar-refractivity contribution in [2.75, 3.05) is 32.8 Å². The molecule has 2 aliphatic rings. The summed E-state index contributed by atoms with van der Waals surface area (Å²) >= 11 is 0. The zero-order valence-corrected chi connectivity index (χ0v) is 12.4. The van der Waals surface area contributed by atoms with Crippen molar-refractivity contribution in [1.29, 1.82) is 0 Å². The molecule has 0 aromatic heterocycles. The standard InChI is InChI=1S/C15H27NO3/c1-14(2,3)12-5-7-16(9-12)10-15(13(17)18)6-4-8-19-11-15/h12H,4-11H2,1-3H3,(H,17,18). The topological polar surface area (TPSA) is 49.8 Å². The Bertz CT molecular complexity index is 329. The van der Waals surface area contributed by atoms with Gasteiger partial charge in [0, 0.05) is 19.7 Å². The molecule has 0 amide bonds. The number of rotatable bonds is 3. The van der Waals surface area contributed by atoms with Crippen LogP contribution in [0.3, 0.4) is 0 Å². The van der Waals surface area contributed by atoms with Gasteiger partial charge in [0.25, 0.3) is 0 Å². The van der Waals surface area contributed by atoms with Gasteiger partial charge in [-0.05, 0) is 37.1 Å². The second-order valence-electron chi connectivity index (χ2n) is 7.33. The number of hydrogen-bond acceptors (Lipinski definition) is 3. The molecule has 4 nitrogen and oxygen atoms in total. The number of nitrogens with zero attached hydrogens (tertiary/aromatic N) is 1. The fourth-order valence-electron chi connectivity index (χ4n) is 3.32. The Kier molecular flexibility index (Phi) is 4.21. The Morgan fingerprint density at radius 2 is 2.21 bits per heavy atom. The summed E-state index contributed by atoms with van der Waals surface area (Å²) in [6.45, 7) is 10.6. The number of ether oxygens (including phenoxy) is 1. The van der Waals surface area contributed by atoms with Gasteiger partial charge in [0.15, 0.2) is 0 Å². The molecular formula is C15H27NO3. The van der Waals surface area contributed by atoms with E-state index in [2.05, 4.69) is 25.7 Å². The molecule has 0 bridgehead atoms. The van der Waals surface area contributed by atoms with Crippen LogP contribution in [0.15, 0.2) is 0 Å². The molecule has 1 N–H and O–H groups in total. The normalized spacial score (nSPS) is 33.5. The van der Waals surface area contributed by atoms with Crippen LogP contribution < -0.4 is 0 Å². The number of carbonyl (C=O) groups is 1. The van der Waals surface area contributed by atoms with Gasteiger partial charge >= 0.3 is 5.97 Å². The van der Waals surface area contributed by atoms with E-state index in [1.807, 2.05) is 0 Å². The molecular weight excluding hydrogens is 242 g/mol. The van der Waals surface area contributed by atoms with Gasteiger partial charge in [-0.25, -0.2) is 0 Å². The van der Waals surface area contributed by atoms with E-state index >= 15 is 0 Å². The highest BCUT2D eigenvalue weighted by atomic mass is 16.5. The molecule has 2 rings (SSSR count). The summed E-state index contributed by atoms with van der Waals surface area (Å²) in [4.78, 5) is 14.0. The number of carboxylic acid groups (broad SMARTS) is 1. The predicted octanol–water partition coefficient (Wildman–Crippen LogP) is 2.24. The van der Waals surface area contributed by atoms with E-state index < -0.39 is 11.4 Å². The summed E-state index contributed by atoms with van der Waals surface area (Å²) < 4.78 is 5.44. The van der Waals surface area contributed by atoms with Gasteiger partial charge in [0.1, 0.15) is 5.41 Å². The molecule has 2 heterocycles. The third-order valence-electron chi connectivity index (χ3n) is 4.80. The summed E-state index contributed by atoms with van der Waals surface area (Å²) in [6, 6.07) is 0. The highest BCUT2D eigenvalue weighted by Gasteiger charge is 2.44. The Morgan fingerprint density at radius 3 is 2.68 bits per heavy atom. The van der Waals surface area contributed by atoms with Gasteiger partial charge in [-0.2, -0.15) is 0 Å². The molecule has 2 fully saturated rings. The second kappa shape index (κ2) is 5.41. The third-order valence-corrected chi connectivity index (χ3v) is 4.80. The van der Waals surface area contributed by atoms with Crippen molar-refractivity contribution < 1.29 is 14.6 Å². The molecule has 2 unspecified atom stereocenters. The Labute approximate surface area is 116 Å². The second-order valence-corrected chi connectivity index (χ2v) is 7.33. The van der Waals surface area contributed by atoms with Crippen LogP contribution in [0.1, 0.15) is 40.0 Å². The van der Waals surface area contributed by atoms with Gasteiger partial charge in [0.2, 0.25) is 0 Å². The van der Waals surface area contributed by atoms with E-state index in [-0.39, 0.29) is 0 Å². The zero-order chi connectivity index (χ0) is 14.1. The Hall–Kier alpha value is -0.610. The van der Waals surface area contributed by atoms with Gasteiger partial charge in [-0.3, -0.25) is 4.79 Å². The minimum Gasteiger partial charge on any atom is -0.481 e. The van der Waals surface area contributed by atoms with Crippen LogP contribution in [0, 0.1) is 16.7 Å². The quantitative estimate of drug-likeness (QED) is 0.853. The van der Waals surface area contributed by atoms with Crippen LogP contribution in [0.2, 0.25) is 0 Å². The van der Waals surface area contributed by atoms with Crippen molar-refractivity contribution in [3.63, 3.8) is 0 Å². The van der Waals surface area contributed by atoms with E-state index in [4.69, 9.17) is 4.74 Å². The zero-order valence-electron chi connectivity index (χ0n) is 12.4. The van der Waals surface area contributed by atoms with Gasteiger partial charge in [0.05, 0.1) is 6.61 Å². The van der Waals surface area contributed by atoms with Crippen LogP contribution in [-0.4, -0.2) is 48.8 Å². The van der Waals surface area contributed by atoms with Gasteiger partial charge in [-0.1, -0.05) is 20.8 Å². The van der Waals surface area contributed by atoms with E-state index in [9.17, 15) is 9.90 Å². The number of carboxylic acids is 1. The predicted molar refractivity (Wildman–Crippen MR) is 74.1 cm³/mol. The SMILES string of the molecule is CC(C)(C)C1CCN(CC2(C(=O)O)CCCOC2)C1. The maximum atomic E-state index is 11.6. The number of aliphatic carboxylic acids is 1. The lowest BCUT2D eigenvalue weighted by molar-refractivity contribution is -0.159. The average Bonchev–Trinajstić information content (AvgIpc) is 2.78. The first-order valence-corrected chi connectivity index (χ1v) is 7.37. The van der Waals surface area contributed by atoms with Crippen LogP contribution in [-0.2, 0) is 9.53 Å². The van der Waals surface area contributed by atoms with Crippen molar-refractivity contribution in [2.24, 2.45) is 16.7 Å². The highest BCUT2D eigenvalue weighted by molar-refractivity contribution is 5.75. The minimum absolute atomic E-state index is 0.314. The first-order valence-electron chi connectivity index (χ1n) is 7.37. The molecule has 0 saturated carbocycles. The monoisotopic (exact) mass is 269 g/mol. The maximum absolute atomic E-state index is 11.6. The minimum atomic E-state index is -0.689. The van der Waals surface area contributed by atoms with Crippen LogP contribution in [0.25, 0.3) is 0 Å². The lowest BCUT2D eigenvalue weighted by atomic mass is 9.80. The van der Waals surface area contributed by atoms with E-state index in [0.29, 0.717) is 31.1 Å². The van der Waals surface area contributed by atoms with Crippen molar-refractivity contribution >= 4 is 5.97 Å². The molecule has 2 atom stereocenters. The molecule has 0 radical (unpaired) electrons. The van der Waals surface area contributed by atoms with Crippen molar-refractivity contribution in [3.8, 4) is 0 Å². The van der Waals surface area contributed by atoms with Crippen LogP contribution in [0.4, 0.5) is 0 Å². The van der Waals surface area contributed by atoms with Gasteiger partial charge < -0.3 is 14.7 Å². The van der Waals surface area contributed by atoms with Crippen molar-refractivity contribution in [1.82, 2.24) is 4.90 Å². The lowest BCUT2D eigenvalue weighted by Gasteiger charge is -2.36. The first kappa shape index (κ1) is 14.8. The number of hydrogen-bond donors (Lipinski definition) is 1. The molecule has 19 heavy (non-hydrogen) atoms. The molecule has 110 valence electrons. The molecule has 4 heteroatoms. The largest absolute Gasteiger partial charge is 0.481 e. The summed E-state index contributed by atoms with van der Waals surface area (Å²) in [5.74, 6) is -0.0192.